The van der Waals surface area contributed by atoms with Gasteiger partial charge in [-0.1, -0.05) is 275 Å². The number of carbonyl (C=O) groups excluding carboxylic acids is 3. The molecule has 70 heavy (non-hydrogen) atoms. The van der Waals surface area contributed by atoms with E-state index in [0.717, 1.165) is 89.9 Å². The fourth-order valence-corrected chi connectivity index (χ4v) is 8.98. The Labute approximate surface area is 435 Å². The highest BCUT2D eigenvalue weighted by atomic mass is 16.6. The molecule has 0 saturated carbocycles. The molecule has 1 atom stereocenters. The van der Waals surface area contributed by atoms with Gasteiger partial charge in [-0.15, -0.1) is 0 Å². The molecule has 0 heterocycles. The Morgan fingerprint density at radius 2 is 0.557 bits per heavy atom. The van der Waals surface area contributed by atoms with Crippen LogP contribution in [0.15, 0.2) is 48.6 Å². The van der Waals surface area contributed by atoms with Crippen LogP contribution in [0.4, 0.5) is 0 Å². The van der Waals surface area contributed by atoms with E-state index in [9.17, 15) is 14.4 Å². The SMILES string of the molecule is CC/C=C\C/C=C\C/C=C\CCCCCCCCCC(=O)OC(COC(=O)CCCCCCC/C=C\CCCCC)COC(=O)CCCCCCCCCCCCCCCCCCCCCCCCC. The third kappa shape index (κ3) is 56.3. The molecule has 0 bridgehead atoms. The predicted molar refractivity (Wildman–Crippen MR) is 302 cm³/mol. The van der Waals surface area contributed by atoms with Crippen molar-refractivity contribution in [3.05, 3.63) is 48.6 Å². The van der Waals surface area contributed by atoms with Crippen molar-refractivity contribution in [2.45, 2.75) is 329 Å². The Kier molecular flexibility index (Phi) is 56.7. The zero-order chi connectivity index (χ0) is 50.7. The fourth-order valence-electron chi connectivity index (χ4n) is 8.98. The molecular weight excluding hydrogens is 865 g/mol. The Bertz CT molecular complexity index is 1220. The van der Waals surface area contributed by atoms with E-state index < -0.39 is 6.10 Å². The molecule has 0 aromatic carbocycles. The van der Waals surface area contributed by atoms with Gasteiger partial charge >= 0.3 is 17.9 Å². The quantitative estimate of drug-likeness (QED) is 0.0261. The third-order valence-electron chi connectivity index (χ3n) is 13.6. The first-order chi connectivity index (χ1) is 34.5. The summed E-state index contributed by atoms with van der Waals surface area (Å²) < 4.78 is 16.9. The van der Waals surface area contributed by atoms with Gasteiger partial charge in [-0.05, 0) is 77.0 Å². The molecule has 0 N–H and O–H groups in total. The zero-order valence-electron chi connectivity index (χ0n) is 46.8. The molecule has 0 saturated heterocycles. The highest BCUT2D eigenvalue weighted by Gasteiger charge is 2.19. The molecule has 0 aliphatic carbocycles. The van der Waals surface area contributed by atoms with Crippen molar-refractivity contribution in [2.75, 3.05) is 13.2 Å². The fraction of sp³-hybridized carbons (Fsp3) is 0.828. The molecule has 0 radical (unpaired) electrons. The molecule has 0 spiro atoms. The Hall–Kier alpha value is -2.63. The third-order valence-corrected chi connectivity index (χ3v) is 13.6. The minimum atomic E-state index is -0.780. The summed E-state index contributed by atoms with van der Waals surface area (Å²) in [5, 5.41) is 0. The highest BCUT2D eigenvalue weighted by molar-refractivity contribution is 5.71. The predicted octanol–water partition coefficient (Wildman–Crippen LogP) is 20.6. The number of unbranched alkanes of at least 4 members (excludes halogenated alkanes) is 37. The second-order valence-corrected chi connectivity index (χ2v) is 20.6. The highest BCUT2D eigenvalue weighted by Crippen LogP contribution is 2.17. The molecule has 6 heteroatoms. The van der Waals surface area contributed by atoms with Crippen LogP contribution in [-0.2, 0) is 28.6 Å². The van der Waals surface area contributed by atoms with E-state index in [1.54, 1.807) is 0 Å². The largest absolute Gasteiger partial charge is 0.462 e. The second kappa shape index (κ2) is 58.9. The van der Waals surface area contributed by atoms with Crippen molar-refractivity contribution < 1.29 is 28.6 Å². The Balaban J connectivity index is 4.26. The van der Waals surface area contributed by atoms with Gasteiger partial charge in [-0.2, -0.15) is 0 Å². The van der Waals surface area contributed by atoms with Crippen LogP contribution < -0.4 is 0 Å². The van der Waals surface area contributed by atoms with Gasteiger partial charge in [0.2, 0.25) is 0 Å². The van der Waals surface area contributed by atoms with E-state index in [2.05, 4.69) is 69.4 Å². The summed E-state index contributed by atoms with van der Waals surface area (Å²) in [6.07, 6.45) is 72.6. The molecule has 0 fully saturated rings. The van der Waals surface area contributed by atoms with E-state index in [-0.39, 0.29) is 31.1 Å². The number of hydrogen-bond donors (Lipinski definition) is 0. The molecule has 0 amide bonds. The van der Waals surface area contributed by atoms with Crippen molar-refractivity contribution in [2.24, 2.45) is 0 Å². The van der Waals surface area contributed by atoms with Crippen molar-refractivity contribution in [1.29, 1.82) is 0 Å². The lowest BCUT2D eigenvalue weighted by atomic mass is 10.0. The molecule has 6 nitrogen and oxygen atoms in total. The average Bonchev–Trinajstić information content (AvgIpc) is 3.36. The maximum Gasteiger partial charge on any atom is 0.306 e. The zero-order valence-corrected chi connectivity index (χ0v) is 46.8. The van der Waals surface area contributed by atoms with Crippen molar-refractivity contribution >= 4 is 17.9 Å². The van der Waals surface area contributed by atoms with E-state index in [4.69, 9.17) is 14.2 Å². The summed E-state index contributed by atoms with van der Waals surface area (Å²) in [5.41, 5.74) is 0. The smallest absolute Gasteiger partial charge is 0.306 e. The summed E-state index contributed by atoms with van der Waals surface area (Å²) in [6, 6.07) is 0. The lowest BCUT2D eigenvalue weighted by Gasteiger charge is -2.18. The van der Waals surface area contributed by atoms with Crippen LogP contribution in [0.3, 0.4) is 0 Å². The summed E-state index contributed by atoms with van der Waals surface area (Å²) in [6.45, 7) is 6.54. The maximum absolute atomic E-state index is 12.9. The van der Waals surface area contributed by atoms with Crippen LogP contribution in [-0.4, -0.2) is 37.2 Å². The van der Waals surface area contributed by atoms with Crippen molar-refractivity contribution in [3.8, 4) is 0 Å². The second-order valence-electron chi connectivity index (χ2n) is 20.6. The Morgan fingerprint density at radius 3 is 0.914 bits per heavy atom. The number of allylic oxidation sites excluding steroid dienone is 8. The number of ether oxygens (including phenoxy) is 3. The molecular formula is C64H116O6. The van der Waals surface area contributed by atoms with E-state index in [0.29, 0.717) is 19.3 Å². The van der Waals surface area contributed by atoms with Crippen LogP contribution in [0.1, 0.15) is 323 Å². The summed E-state index contributed by atoms with van der Waals surface area (Å²) >= 11 is 0. The van der Waals surface area contributed by atoms with Crippen LogP contribution in [0, 0.1) is 0 Å². The van der Waals surface area contributed by atoms with Gasteiger partial charge in [0.1, 0.15) is 13.2 Å². The van der Waals surface area contributed by atoms with Gasteiger partial charge in [0.15, 0.2) is 6.10 Å². The first kappa shape index (κ1) is 67.4. The lowest BCUT2D eigenvalue weighted by molar-refractivity contribution is -0.167. The number of esters is 3. The van der Waals surface area contributed by atoms with E-state index in [1.807, 2.05) is 0 Å². The van der Waals surface area contributed by atoms with Crippen LogP contribution >= 0.6 is 0 Å². The summed E-state index contributed by atoms with van der Waals surface area (Å²) in [7, 11) is 0. The van der Waals surface area contributed by atoms with Gasteiger partial charge in [-0.25, -0.2) is 0 Å². The molecule has 0 aliphatic rings. The van der Waals surface area contributed by atoms with Crippen molar-refractivity contribution in [3.63, 3.8) is 0 Å². The van der Waals surface area contributed by atoms with Crippen molar-refractivity contribution in [1.82, 2.24) is 0 Å². The molecule has 0 rings (SSSR count). The monoisotopic (exact) mass is 981 g/mol. The van der Waals surface area contributed by atoms with Gasteiger partial charge in [0.05, 0.1) is 0 Å². The van der Waals surface area contributed by atoms with Crippen LogP contribution in [0.2, 0.25) is 0 Å². The normalized spacial score (nSPS) is 12.3. The number of rotatable bonds is 56. The first-order valence-electron chi connectivity index (χ1n) is 30.6. The van der Waals surface area contributed by atoms with Crippen LogP contribution in [0.25, 0.3) is 0 Å². The van der Waals surface area contributed by atoms with E-state index >= 15 is 0 Å². The van der Waals surface area contributed by atoms with Gasteiger partial charge < -0.3 is 14.2 Å². The van der Waals surface area contributed by atoms with Gasteiger partial charge in [0, 0.05) is 19.3 Å². The Morgan fingerprint density at radius 1 is 0.300 bits per heavy atom. The number of hydrogen-bond acceptors (Lipinski definition) is 6. The summed E-state index contributed by atoms with van der Waals surface area (Å²) in [5.74, 6) is -0.879. The molecule has 0 aliphatic heterocycles. The standard InChI is InChI=1S/C64H116O6/c1-4-7-10-13-16-19-22-25-27-29-30-31-32-33-34-36-37-39-42-45-48-51-54-57-63(66)69-60-61(59-68-62(65)56-53-50-47-44-41-24-21-18-15-12-9-6-3)70-64(67)58-55-52-49-46-43-40-38-35-28-26-23-20-17-14-11-8-5-2/h8,11,17-18,20-21,26,28,61H,4-7,9-10,12-16,19,22-25,27,29-60H2,1-3H3/b11-8-,20-17-,21-18-,28-26-. The van der Waals surface area contributed by atoms with Crippen LogP contribution in [0.5, 0.6) is 0 Å². The molecule has 0 aromatic rings. The average molecular weight is 982 g/mol. The summed E-state index contributed by atoms with van der Waals surface area (Å²) in [4.78, 5) is 38.2. The number of carbonyl (C=O) groups is 3. The topological polar surface area (TPSA) is 78.9 Å². The van der Waals surface area contributed by atoms with E-state index in [1.165, 1.54) is 193 Å². The molecule has 408 valence electrons. The first-order valence-corrected chi connectivity index (χ1v) is 30.6. The minimum Gasteiger partial charge on any atom is -0.462 e. The van der Waals surface area contributed by atoms with Gasteiger partial charge in [0.25, 0.3) is 0 Å². The lowest BCUT2D eigenvalue weighted by Crippen LogP contribution is -2.30. The minimum absolute atomic E-state index is 0.0766. The van der Waals surface area contributed by atoms with Gasteiger partial charge in [-0.3, -0.25) is 14.4 Å². The maximum atomic E-state index is 12.9. The molecule has 1 unspecified atom stereocenters. The molecule has 0 aromatic heterocycles.